The first-order chi connectivity index (χ1) is 4.33. The van der Waals surface area contributed by atoms with Crippen LogP contribution in [-0.4, -0.2) is 4.98 Å². The van der Waals surface area contributed by atoms with Crippen molar-refractivity contribution >= 4 is 5.82 Å². The molecular formula is C6H4N2O. The first kappa shape index (κ1) is 5.57. The number of pyridine rings is 1. The molecule has 0 unspecified atom stereocenters. The Hall–Kier alpha value is -1.56. The molecule has 0 radical (unpaired) electrons. The maximum Gasteiger partial charge on any atom is 0.316 e. The van der Waals surface area contributed by atoms with Gasteiger partial charge in [0.05, 0.1) is 0 Å². The van der Waals surface area contributed by atoms with Crippen LogP contribution in [0.1, 0.15) is 0 Å². The highest BCUT2D eigenvalue weighted by atomic mass is 16.1. The number of H-pyrrole nitrogens is 1. The third kappa shape index (κ3) is 1.16. The second-order valence-electron chi connectivity index (χ2n) is 1.51. The molecule has 0 saturated carbocycles. The van der Waals surface area contributed by atoms with Gasteiger partial charge in [0.15, 0.2) is 0 Å². The third-order valence-corrected chi connectivity index (χ3v) is 0.873. The van der Waals surface area contributed by atoms with Crippen LogP contribution in [0.4, 0.5) is 5.82 Å². The first-order valence-corrected chi connectivity index (χ1v) is 2.40. The molecule has 9 heavy (non-hydrogen) atoms. The minimum absolute atomic E-state index is 0.233. The van der Waals surface area contributed by atoms with Crippen LogP contribution < -0.4 is 5.56 Å². The van der Waals surface area contributed by atoms with Crippen molar-refractivity contribution in [1.82, 2.24) is 4.98 Å². The van der Waals surface area contributed by atoms with Crippen LogP contribution in [0.5, 0.6) is 0 Å². The fourth-order valence-corrected chi connectivity index (χ4v) is 0.501. The fraction of sp³-hybridized carbons (Fsp3) is 0. The Morgan fingerprint density at radius 2 is 2.33 bits per heavy atom. The predicted molar refractivity (Wildman–Crippen MR) is 33.3 cm³/mol. The van der Waals surface area contributed by atoms with E-state index in [9.17, 15) is 4.79 Å². The van der Waals surface area contributed by atoms with Crippen molar-refractivity contribution in [2.24, 2.45) is 0 Å². The van der Waals surface area contributed by atoms with Crippen molar-refractivity contribution in [2.45, 2.75) is 0 Å². The Kier molecular flexibility index (Phi) is 1.32. The monoisotopic (exact) mass is 120 g/mol. The van der Waals surface area contributed by atoms with E-state index in [4.69, 9.17) is 6.57 Å². The van der Waals surface area contributed by atoms with E-state index in [-0.39, 0.29) is 11.4 Å². The summed E-state index contributed by atoms with van der Waals surface area (Å²) in [6, 6.07) is 4.47. The Balaban J connectivity index is 3.28. The summed E-state index contributed by atoms with van der Waals surface area (Å²) in [5, 5.41) is 0. The second kappa shape index (κ2) is 2.14. The van der Waals surface area contributed by atoms with E-state index in [1.165, 1.54) is 6.07 Å². The summed E-state index contributed by atoms with van der Waals surface area (Å²) < 4.78 is 0. The molecule has 1 N–H and O–H groups in total. The van der Waals surface area contributed by atoms with E-state index in [0.717, 1.165) is 0 Å². The molecule has 0 aliphatic rings. The van der Waals surface area contributed by atoms with Crippen LogP contribution in [0.3, 0.4) is 0 Å². The van der Waals surface area contributed by atoms with Crippen molar-refractivity contribution in [3.63, 3.8) is 0 Å². The predicted octanol–water partition coefficient (Wildman–Crippen LogP) is 0.926. The van der Waals surface area contributed by atoms with Gasteiger partial charge in [-0.3, -0.25) is 4.98 Å². The van der Waals surface area contributed by atoms with Crippen LogP contribution in [0.25, 0.3) is 4.85 Å². The first-order valence-electron chi connectivity index (χ1n) is 2.40. The minimum Gasteiger partial charge on any atom is -0.364 e. The lowest BCUT2D eigenvalue weighted by Crippen LogP contribution is -1.99. The Morgan fingerprint density at radius 1 is 1.56 bits per heavy atom. The molecule has 0 bridgehead atoms. The van der Waals surface area contributed by atoms with Crippen molar-refractivity contribution < 1.29 is 0 Å². The van der Waals surface area contributed by atoms with Crippen molar-refractivity contribution in [1.29, 1.82) is 0 Å². The van der Waals surface area contributed by atoms with Gasteiger partial charge < -0.3 is 4.85 Å². The lowest BCUT2D eigenvalue weighted by Gasteiger charge is -1.83. The van der Waals surface area contributed by atoms with Gasteiger partial charge in [-0.1, -0.05) is 12.6 Å². The van der Waals surface area contributed by atoms with Crippen LogP contribution in [0.15, 0.2) is 23.0 Å². The molecule has 0 saturated heterocycles. The molecule has 1 rings (SSSR count). The maximum absolute atomic E-state index is 10.5. The molecule has 1 aromatic rings. The molecule has 0 amide bonds. The van der Waals surface area contributed by atoms with Gasteiger partial charge in [-0.2, -0.15) is 0 Å². The highest BCUT2D eigenvalue weighted by Crippen LogP contribution is 1.99. The second-order valence-corrected chi connectivity index (χ2v) is 1.51. The smallest absolute Gasteiger partial charge is 0.316 e. The van der Waals surface area contributed by atoms with Gasteiger partial charge in [-0.15, -0.1) is 0 Å². The van der Waals surface area contributed by atoms with Gasteiger partial charge in [0.2, 0.25) is 5.82 Å². The minimum atomic E-state index is -0.233. The third-order valence-electron chi connectivity index (χ3n) is 0.873. The number of hydrogen-bond donors (Lipinski definition) is 1. The van der Waals surface area contributed by atoms with E-state index in [1.807, 2.05) is 0 Å². The largest absolute Gasteiger partial charge is 0.364 e. The van der Waals surface area contributed by atoms with E-state index in [2.05, 4.69) is 9.83 Å². The molecule has 1 aromatic heterocycles. The van der Waals surface area contributed by atoms with Gasteiger partial charge in [0, 0.05) is 6.07 Å². The molecule has 3 nitrogen and oxygen atoms in total. The average molecular weight is 120 g/mol. The zero-order chi connectivity index (χ0) is 6.69. The highest BCUT2D eigenvalue weighted by molar-refractivity contribution is 5.33. The molecular weight excluding hydrogens is 116 g/mol. The quantitative estimate of drug-likeness (QED) is 0.508. The van der Waals surface area contributed by atoms with Crippen molar-refractivity contribution in [2.75, 3.05) is 0 Å². The summed E-state index contributed by atoms with van der Waals surface area (Å²) >= 11 is 0. The SMILES string of the molecule is [C-]#[N+]c1cccc(=O)[nH]1. The molecule has 0 aliphatic heterocycles. The topological polar surface area (TPSA) is 37.2 Å². The van der Waals surface area contributed by atoms with Gasteiger partial charge in [-0.05, 0) is 6.07 Å². The zero-order valence-corrected chi connectivity index (χ0v) is 4.59. The number of aromatic amines is 1. The normalized spacial score (nSPS) is 8.33. The summed E-state index contributed by atoms with van der Waals surface area (Å²) in [6.45, 7) is 6.50. The molecule has 0 aliphatic carbocycles. The number of aromatic nitrogens is 1. The zero-order valence-electron chi connectivity index (χ0n) is 4.59. The number of nitrogens with one attached hydrogen (secondary N) is 1. The summed E-state index contributed by atoms with van der Waals surface area (Å²) in [5.41, 5.74) is -0.233. The van der Waals surface area contributed by atoms with Crippen molar-refractivity contribution in [3.8, 4) is 0 Å². The van der Waals surface area contributed by atoms with Crippen LogP contribution >= 0.6 is 0 Å². The van der Waals surface area contributed by atoms with E-state index in [1.54, 1.807) is 12.1 Å². The van der Waals surface area contributed by atoms with E-state index in [0.29, 0.717) is 0 Å². The molecule has 0 fully saturated rings. The summed E-state index contributed by atoms with van der Waals surface area (Å²) in [7, 11) is 0. The molecule has 1 heterocycles. The van der Waals surface area contributed by atoms with Crippen LogP contribution in [-0.2, 0) is 0 Å². The Labute approximate surface area is 51.8 Å². The van der Waals surface area contributed by atoms with Gasteiger partial charge in [0.1, 0.15) is 0 Å². The van der Waals surface area contributed by atoms with E-state index >= 15 is 0 Å². The summed E-state index contributed by atoms with van der Waals surface area (Å²) in [5.74, 6) is 0.280. The van der Waals surface area contributed by atoms with Crippen LogP contribution in [0, 0.1) is 6.57 Å². The van der Waals surface area contributed by atoms with Gasteiger partial charge >= 0.3 is 5.56 Å². The lowest BCUT2D eigenvalue weighted by atomic mass is 10.5. The average Bonchev–Trinajstić information content (AvgIpc) is 1.88. The molecule has 0 spiro atoms. The molecule has 0 atom stereocenters. The Morgan fingerprint density at radius 3 is 2.78 bits per heavy atom. The molecule has 0 aromatic carbocycles. The summed E-state index contributed by atoms with van der Waals surface area (Å²) in [6.07, 6.45) is 0. The fourth-order valence-electron chi connectivity index (χ4n) is 0.501. The molecule has 44 valence electrons. The number of rotatable bonds is 0. The van der Waals surface area contributed by atoms with E-state index < -0.39 is 0 Å². The van der Waals surface area contributed by atoms with Crippen molar-refractivity contribution in [3.05, 3.63) is 40.0 Å². The summed E-state index contributed by atoms with van der Waals surface area (Å²) in [4.78, 5) is 15.8. The maximum atomic E-state index is 10.5. The Bertz CT molecular complexity index is 294. The van der Waals surface area contributed by atoms with Crippen LogP contribution in [0.2, 0.25) is 0 Å². The van der Waals surface area contributed by atoms with Gasteiger partial charge in [0.25, 0.3) is 0 Å². The number of nitrogens with zero attached hydrogens (tertiary/aromatic N) is 1. The standard InChI is InChI=1S/C6H4N2O/c1-7-5-3-2-4-6(9)8-5/h2-4H,(H,8,9). The highest BCUT2D eigenvalue weighted by Gasteiger charge is 1.85. The van der Waals surface area contributed by atoms with Gasteiger partial charge in [-0.25, -0.2) is 4.79 Å². The lowest BCUT2D eigenvalue weighted by molar-refractivity contribution is 1.26. The molecule has 3 heteroatoms. The number of hydrogen-bond acceptors (Lipinski definition) is 1.